The maximum Gasteiger partial charge on any atom is 0.291 e. The standard InChI is InChI=1S/C18H20N2O3/c1-13-15(23-16(19-13)14-5-3-2-4-6-14)17(21)20-10-7-18(8-11-20)9-12-22-18/h2-6H,7-12H2,1H3. The predicted octanol–water partition coefficient (Wildman–Crippen LogP) is 3.05. The van der Waals surface area contributed by atoms with E-state index in [-0.39, 0.29) is 11.5 Å². The number of aromatic nitrogens is 1. The van der Waals surface area contributed by atoms with Crippen molar-refractivity contribution in [3.63, 3.8) is 0 Å². The number of likely N-dealkylation sites (tertiary alicyclic amines) is 1. The van der Waals surface area contributed by atoms with Crippen LogP contribution in [0.2, 0.25) is 0 Å². The summed E-state index contributed by atoms with van der Waals surface area (Å²) in [5, 5.41) is 0. The molecule has 0 N–H and O–H groups in total. The molecule has 0 aliphatic carbocycles. The smallest absolute Gasteiger partial charge is 0.291 e. The lowest BCUT2D eigenvalue weighted by molar-refractivity contribution is -0.169. The van der Waals surface area contributed by atoms with E-state index in [0.29, 0.717) is 17.3 Å². The Hall–Kier alpha value is -2.14. The van der Waals surface area contributed by atoms with Crippen LogP contribution < -0.4 is 0 Å². The van der Waals surface area contributed by atoms with Gasteiger partial charge in [-0.2, -0.15) is 0 Å². The number of piperidine rings is 1. The van der Waals surface area contributed by atoms with Gasteiger partial charge in [-0.15, -0.1) is 0 Å². The molecule has 5 nitrogen and oxygen atoms in total. The summed E-state index contributed by atoms with van der Waals surface area (Å²) in [6, 6.07) is 9.66. The molecule has 1 spiro atoms. The minimum atomic E-state index is -0.0636. The molecule has 1 aromatic carbocycles. The van der Waals surface area contributed by atoms with Crippen molar-refractivity contribution >= 4 is 5.91 Å². The molecule has 1 aromatic heterocycles. The molecule has 2 fully saturated rings. The molecule has 0 atom stereocenters. The van der Waals surface area contributed by atoms with Gasteiger partial charge < -0.3 is 14.1 Å². The number of oxazole rings is 1. The number of amides is 1. The van der Waals surface area contributed by atoms with Crippen LogP contribution in [0.4, 0.5) is 0 Å². The summed E-state index contributed by atoms with van der Waals surface area (Å²) >= 11 is 0. The summed E-state index contributed by atoms with van der Waals surface area (Å²) in [7, 11) is 0. The molecule has 2 aliphatic heterocycles. The van der Waals surface area contributed by atoms with Crippen LogP contribution in [0.3, 0.4) is 0 Å². The first-order chi connectivity index (χ1) is 11.2. The quantitative estimate of drug-likeness (QED) is 0.855. The van der Waals surface area contributed by atoms with Gasteiger partial charge in [-0.25, -0.2) is 4.98 Å². The van der Waals surface area contributed by atoms with Gasteiger partial charge in [0.1, 0.15) is 0 Å². The molecule has 5 heteroatoms. The highest BCUT2D eigenvalue weighted by Gasteiger charge is 2.42. The molecular weight excluding hydrogens is 292 g/mol. The Labute approximate surface area is 135 Å². The van der Waals surface area contributed by atoms with Crippen molar-refractivity contribution in [3.05, 3.63) is 41.8 Å². The van der Waals surface area contributed by atoms with Crippen molar-refractivity contribution in [2.45, 2.75) is 31.8 Å². The topological polar surface area (TPSA) is 55.6 Å². The van der Waals surface area contributed by atoms with Crippen molar-refractivity contribution in [2.75, 3.05) is 19.7 Å². The van der Waals surface area contributed by atoms with Gasteiger partial charge in [-0.1, -0.05) is 18.2 Å². The molecule has 3 heterocycles. The molecule has 0 bridgehead atoms. The minimum absolute atomic E-state index is 0.0441. The van der Waals surface area contributed by atoms with E-state index in [4.69, 9.17) is 9.15 Å². The molecular formula is C18H20N2O3. The molecule has 23 heavy (non-hydrogen) atoms. The van der Waals surface area contributed by atoms with Gasteiger partial charge in [-0.3, -0.25) is 4.79 Å². The van der Waals surface area contributed by atoms with Crippen molar-refractivity contribution < 1.29 is 13.9 Å². The first-order valence-electron chi connectivity index (χ1n) is 8.13. The molecule has 1 amide bonds. The number of rotatable bonds is 2. The average molecular weight is 312 g/mol. The Kier molecular flexibility index (Phi) is 3.45. The largest absolute Gasteiger partial charge is 0.431 e. The minimum Gasteiger partial charge on any atom is -0.431 e. The van der Waals surface area contributed by atoms with Gasteiger partial charge >= 0.3 is 0 Å². The van der Waals surface area contributed by atoms with Gasteiger partial charge in [-0.05, 0) is 38.3 Å². The van der Waals surface area contributed by atoms with E-state index < -0.39 is 0 Å². The molecule has 0 unspecified atom stereocenters. The number of aryl methyl sites for hydroxylation is 1. The van der Waals surface area contributed by atoms with Crippen LogP contribution in [0.1, 0.15) is 35.5 Å². The van der Waals surface area contributed by atoms with E-state index in [9.17, 15) is 4.79 Å². The highest BCUT2D eigenvalue weighted by atomic mass is 16.5. The van der Waals surface area contributed by atoms with Crippen LogP contribution in [0, 0.1) is 6.92 Å². The Morgan fingerprint density at radius 3 is 2.48 bits per heavy atom. The second kappa shape index (κ2) is 5.49. The van der Waals surface area contributed by atoms with E-state index in [1.807, 2.05) is 42.2 Å². The highest BCUT2D eigenvalue weighted by Crippen LogP contribution is 2.37. The van der Waals surface area contributed by atoms with E-state index in [0.717, 1.165) is 44.5 Å². The average Bonchev–Trinajstić information content (AvgIpc) is 2.95. The summed E-state index contributed by atoms with van der Waals surface area (Å²) in [5.41, 5.74) is 1.58. The molecule has 120 valence electrons. The van der Waals surface area contributed by atoms with Gasteiger partial charge in [0, 0.05) is 18.7 Å². The van der Waals surface area contributed by atoms with E-state index in [1.54, 1.807) is 0 Å². The number of nitrogens with zero attached hydrogens (tertiary/aromatic N) is 2. The Morgan fingerprint density at radius 2 is 1.87 bits per heavy atom. The molecule has 4 rings (SSSR count). The lowest BCUT2D eigenvalue weighted by atomic mass is 9.84. The maximum atomic E-state index is 12.7. The maximum absolute atomic E-state index is 12.7. The predicted molar refractivity (Wildman–Crippen MR) is 85.1 cm³/mol. The molecule has 0 saturated carbocycles. The number of ether oxygens (including phenoxy) is 1. The third-order valence-electron chi connectivity index (χ3n) is 4.94. The second-order valence-corrected chi connectivity index (χ2v) is 6.37. The fraction of sp³-hybridized carbons (Fsp3) is 0.444. The summed E-state index contributed by atoms with van der Waals surface area (Å²) in [6.45, 7) is 4.12. The van der Waals surface area contributed by atoms with Crippen molar-refractivity contribution in [1.82, 2.24) is 9.88 Å². The van der Waals surface area contributed by atoms with Gasteiger partial charge in [0.2, 0.25) is 11.7 Å². The summed E-state index contributed by atoms with van der Waals surface area (Å²) < 4.78 is 11.5. The Balaban J connectivity index is 1.52. The second-order valence-electron chi connectivity index (χ2n) is 6.37. The van der Waals surface area contributed by atoms with Crippen LogP contribution >= 0.6 is 0 Å². The number of carbonyl (C=O) groups is 1. The highest BCUT2D eigenvalue weighted by molar-refractivity contribution is 5.93. The summed E-state index contributed by atoms with van der Waals surface area (Å²) in [5.74, 6) is 0.794. The van der Waals surface area contributed by atoms with Crippen LogP contribution in [0.15, 0.2) is 34.7 Å². The third-order valence-corrected chi connectivity index (χ3v) is 4.94. The van der Waals surface area contributed by atoms with Crippen molar-refractivity contribution in [1.29, 1.82) is 0 Å². The Morgan fingerprint density at radius 1 is 1.17 bits per heavy atom. The SMILES string of the molecule is Cc1nc(-c2ccccc2)oc1C(=O)N1CCC2(CCO2)CC1. The fourth-order valence-electron chi connectivity index (χ4n) is 3.35. The summed E-state index contributed by atoms with van der Waals surface area (Å²) in [4.78, 5) is 19.0. The fourth-order valence-corrected chi connectivity index (χ4v) is 3.35. The lowest BCUT2D eigenvalue weighted by Crippen LogP contribution is -2.53. The van der Waals surface area contributed by atoms with E-state index >= 15 is 0 Å². The molecule has 2 aliphatic rings. The van der Waals surface area contributed by atoms with Gasteiger partial charge in [0.15, 0.2) is 0 Å². The van der Waals surface area contributed by atoms with E-state index in [2.05, 4.69) is 4.98 Å². The monoisotopic (exact) mass is 312 g/mol. The third kappa shape index (κ3) is 2.55. The van der Waals surface area contributed by atoms with Crippen LogP contribution in [-0.2, 0) is 4.74 Å². The normalized spacial score (nSPS) is 19.6. The zero-order chi connectivity index (χ0) is 15.9. The zero-order valence-corrected chi connectivity index (χ0v) is 13.2. The van der Waals surface area contributed by atoms with Crippen LogP contribution in [0.25, 0.3) is 11.5 Å². The first-order valence-corrected chi connectivity index (χ1v) is 8.13. The van der Waals surface area contributed by atoms with Gasteiger partial charge in [0.25, 0.3) is 5.91 Å². The molecule has 0 radical (unpaired) electrons. The Bertz CT molecular complexity index is 709. The number of benzene rings is 1. The molecule has 2 aromatic rings. The first kappa shape index (κ1) is 14.5. The number of hydrogen-bond acceptors (Lipinski definition) is 4. The zero-order valence-electron chi connectivity index (χ0n) is 13.2. The summed E-state index contributed by atoms with van der Waals surface area (Å²) in [6.07, 6.45) is 2.95. The number of hydrogen-bond donors (Lipinski definition) is 0. The van der Waals surface area contributed by atoms with Crippen LogP contribution in [-0.4, -0.2) is 41.1 Å². The lowest BCUT2D eigenvalue weighted by Gasteiger charge is -2.47. The van der Waals surface area contributed by atoms with E-state index in [1.165, 1.54) is 0 Å². The van der Waals surface area contributed by atoms with Crippen molar-refractivity contribution in [3.8, 4) is 11.5 Å². The van der Waals surface area contributed by atoms with Crippen molar-refractivity contribution in [2.24, 2.45) is 0 Å². The van der Waals surface area contributed by atoms with Crippen LogP contribution in [0.5, 0.6) is 0 Å². The number of carbonyl (C=O) groups excluding carboxylic acids is 1. The van der Waals surface area contributed by atoms with Gasteiger partial charge in [0.05, 0.1) is 17.9 Å². The molecule has 2 saturated heterocycles.